The zero-order chi connectivity index (χ0) is 20.4. The van der Waals surface area contributed by atoms with Crippen LogP contribution in [0.25, 0.3) is 0 Å². The molecule has 1 aliphatic heterocycles. The molecule has 0 N–H and O–H groups in total. The zero-order valence-electron chi connectivity index (χ0n) is 18.2. The van der Waals surface area contributed by atoms with Crippen molar-refractivity contribution in [3.63, 3.8) is 0 Å². The van der Waals surface area contributed by atoms with E-state index in [1.54, 1.807) is 0 Å². The van der Waals surface area contributed by atoms with Crippen LogP contribution in [0.4, 0.5) is 0 Å². The Morgan fingerprint density at radius 1 is 1.21 bits per heavy atom. The Morgan fingerprint density at radius 2 is 1.93 bits per heavy atom. The van der Waals surface area contributed by atoms with Gasteiger partial charge in [-0.1, -0.05) is 51.1 Å². The van der Waals surface area contributed by atoms with E-state index in [0.717, 1.165) is 37.9 Å². The van der Waals surface area contributed by atoms with Gasteiger partial charge in [0, 0.05) is 11.8 Å². The normalized spacial score (nSPS) is 25.5. The smallest absolute Gasteiger partial charge is 0.306 e. The van der Waals surface area contributed by atoms with E-state index in [-0.39, 0.29) is 17.1 Å². The maximum Gasteiger partial charge on any atom is 0.306 e. The summed E-state index contributed by atoms with van der Waals surface area (Å²) in [5.74, 6) is 1.75. The highest BCUT2D eigenvalue weighted by Crippen LogP contribution is 2.47. The van der Waals surface area contributed by atoms with Gasteiger partial charge >= 0.3 is 5.97 Å². The van der Waals surface area contributed by atoms with Crippen molar-refractivity contribution in [2.45, 2.75) is 83.5 Å². The molecule has 0 spiro atoms. The van der Waals surface area contributed by atoms with Gasteiger partial charge < -0.3 is 9.16 Å². The lowest BCUT2D eigenvalue weighted by Crippen LogP contribution is -2.41. The van der Waals surface area contributed by atoms with E-state index in [1.165, 1.54) is 5.56 Å². The molecule has 1 unspecified atom stereocenters. The molecular formula is C24H36O3Si. The van der Waals surface area contributed by atoms with Crippen molar-refractivity contribution in [3.8, 4) is 0 Å². The minimum Gasteiger partial charge on any atom is -0.547 e. The van der Waals surface area contributed by atoms with Crippen LogP contribution in [0.3, 0.4) is 0 Å². The number of carbonyl (C=O) groups is 1. The number of ether oxygens (including phenoxy) is 1. The first-order valence-electron chi connectivity index (χ1n) is 10.8. The highest BCUT2D eigenvalue weighted by atomic mass is 28.4. The van der Waals surface area contributed by atoms with E-state index in [4.69, 9.17) is 9.16 Å². The average Bonchev–Trinajstić information content (AvgIpc) is 3.16. The molecule has 0 bridgehead atoms. The Kier molecular flexibility index (Phi) is 6.38. The summed E-state index contributed by atoms with van der Waals surface area (Å²) in [7, 11) is -1.91. The standard InChI is InChI=1S/C24H36O3Si/c1-24(2,3)28(4,5)27-22(14-10-9-13-18-11-7-6-8-12-18)19-15-16-21-20(19)17-23(25)26-21/h6-8,11-12,14,19-21H,9-10,13,15-17H2,1-5H3/b22-14+/t19-,20-,21?/m0/s1. The molecule has 4 heteroatoms. The van der Waals surface area contributed by atoms with E-state index in [9.17, 15) is 4.79 Å². The summed E-state index contributed by atoms with van der Waals surface area (Å²) in [4.78, 5) is 11.8. The van der Waals surface area contributed by atoms with E-state index in [1.807, 2.05) is 0 Å². The number of fused-ring (bicyclic) bond motifs is 1. The average molecular weight is 401 g/mol. The fraction of sp³-hybridized carbons (Fsp3) is 0.625. The summed E-state index contributed by atoms with van der Waals surface area (Å²) >= 11 is 0. The molecule has 0 aromatic heterocycles. The summed E-state index contributed by atoms with van der Waals surface area (Å²) in [6, 6.07) is 10.7. The minimum atomic E-state index is -1.91. The molecular weight excluding hydrogens is 364 g/mol. The van der Waals surface area contributed by atoms with Crippen molar-refractivity contribution < 1.29 is 14.0 Å². The molecule has 0 amide bonds. The molecule has 3 atom stereocenters. The molecule has 0 radical (unpaired) electrons. The maximum absolute atomic E-state index is 11.8. The minimum absolute atomic E-state index is 0.0320. The molecule has 1 aliphatic carbocycles. The zero-order valence-corrected chi connectivity index (χ0v) is 19.2. The molecule has 1 saturated carbocycles. The van der Waals surface area contributed by atoms with Crippen LogP contribution in [0.15, 0.2) is 42.2 Å². The highest BCUT2D eigenvalue weighted by molar-refractivity contribution is 6.74. The molecule has 28 heavy (non-hydrogen) atoms. The van der Waals surface area contributed by atoms with Crippen LogP contribution in [-0.2, 0) is 20.4 Å². The van der Waals surface area contributed by atoms with Crippen molar-refractivity contribution in [1.82, 2.24) is 0 Å². The first kappa shape index (κ1) is 21.2. The van der Waals surface area contributed by atoms with Gasteiger partial charge in [0.05, 0.1) is 12.2 Å². The number of esters is 1. The van der Waals surface area contributed by atoms with Gasteiger partial charge in [-0.2, -0.15) is 0 Å². The molecule has 2 aliphatic rings. The number of carbonyl (C=O) groups excluding carboxylic acids is 1. The third kappa shape index (κ3) is 4.89. The van der Waals surface area contributed by atoms with Gasteiger partial charge in [0.15, 0.2) is 0 Å². The lowest BCUT2D eigenvalue weighted by atomic mass is 9.91. The van der Waals surface area contributed by atoms with Gasteiger partial charge in [-0.3, -0.25) is 4.79 Å². The van der Waals surface area contributed by atoms with Crippen molar-refractivity contribution >= 4 is 14.3 Å². The third-order valence-corrected chi connectivity index (χ3v) is 11.2. The van der Waals surface area contributed by atoms with Crippen LogP contribution in [0.1, 0.15) is 58.4 Å². The van der Waals surface area contributed by atoms with Crippen molar-refractivity contribution in [2.24, 2.45) is 11.8 Å². The molecule has 154 valence electrons. The Hall–Kier alpha value is -1.55. The number of unbranched alkanes of at least 4 members (excludes halogenated alkanes) is 1. The first-order chi connectivity index (χ1) is 13.2. The number of rotatable bonds is 7. The van der Waals surface area contributed by atoms with Crippen LogP contribution >= 0.6 is 0 Å². The van der Waals surface area contributed by atoms with Crippen LogP contribution in [0, 0.1) is 11.8 Å². The summed E-state index contributed by atoms with van der Waals surface area (Å²) in [6.45, 7) is 11.5. The predicted octanol–water partition coefficient (Wildman–Crippen LogP) is 6.26. The number of hydrogen-bond acceptors (Lipinski definition) is 3. The van der Waals surface area contributed by atoms with E-state index in [0.29, 0.717) is 18.3 Å². The summed E-state index contributed by atoms with van der Waals surface area (Å²) in [6.07, 6.45) is 8.25. The van der Waals surface area contributed by atoms with Gasteiger partial charge in [-0.15, -0.1) is 0 Å². The summed E-state index contributed by atoms with van der Waals surface area (Å²) < 4.78 is 12.4. The van der Waals surface area contributed by atoms with Crippen LogP contribution in [0.2, 0.25) is 18.1 Å². The monoisotopic (exact) mass is 400 g/mol. The van der Waals surface area contributed by atoms with Gasteiger partial charge in [-0.25, -0.2) is 0 Å². The molecule has 2 fully saturated rings. The molecule has 1 heterocycles. The van der Waals surface area contributed by atoms with Crippen molar-refractivity contribution in [1.29, 1.82) is 0 Å². The topological polar surface area (TPSA) is 35.5 Å². The third-order valence-electron chi connectivity index (χ3n) is 6.84. The van der Waals surface area contributed by atoms with Gasteiger partial charge in [0.2, 0.25) is 8.32 Å². The summed E-state index contributed by atoms with van der Waals surface area (Å²) in [5.41, 5.74) is 1.39. The lowest BCUT2D eigenvalue weighted by Gasteiger charge is -2.39. The quantitative estimate of drug-likeness (QED) is 0.235. The van der Waals surface area contributed by atoms with Gasteiger partial charge in [-0.05, 0) is 61.9 Å². The predicted molar refractivity (Wildman–Crippen MR) is 116 cm³/mol. The van der Waals surface area contributed by atoms with E-state index >= 15 is 0 Å². The van der Waals surface area contributed by atoms with Gasteiger partial charge in [0.25, 0.3) is 0 Å². The molecule has 1 aromatic rings. The van der Waals surface area contributed by atoms with Gasteiger partial charge in [0.1, 0.15) is 6.10 Å². The fourth-order valence-corrected chi connectivity index (χ4v) is 5.26. The number of aryl methyl sites for hydroxylation is 1. The number of hydrogen-bond donors (Lipinski definition) is 0. The first-order valence-corrected chi connectivity index (χ1v) is 13.7. The van der Waals surface area contributed by atoms with Crippen molar-refractivity contribution in [3.05, 3.63) is 47.7 Å². The highest BCUT2D eigenvalue weighted by Gasteiger charge is 2.48. The molecule has 1 aromatic carbocycles. The van der Waals surface area contributed by atoms with Crippen molar-refractivity contribution in [2.75, 3.05) is 0 Å². The summed E-state index contributed by atoms with van der Waals surface area (Å²) in [5, 5.41) is 0.163. The molecule has 3 nitrogen and oxygen atoms in total. The molecule has 1 saturated heterocycles. The number of allylic oxidation sites excluding steroid dienone is 2. The Bertz CT molecular complexity index is 702. The number of benzene rings is 1. The second-order valence-electron chi connectivity index (χ2n) is 9.93. The maximum atomic E-state index is 11.8. The Labute approximate surface area is 171 Å². The lowest BCUT2D eigenvalue weighted by molar-refractivity contribution is -0.141. The van der Waals surface area contributed by atoms with Crippen LogP contribution < -0.4 is 0 Å². The fourth-order valence-electron chi connectivity index (χ4n) is 4.13. The van der Waals surface area contributed by atoms with E-state index in [2.05, 4.69) is 70.3 Å². The van der Waals surface area contributed by atoms with E-state index < -0.39 is 8.32 Å². The second kappa shape index (κ2) is 8.44. The largest absolute Gasteiger partial charge is 0.547 e. The Morgan fingerprint density at radius 3 is 2.61 bits per heavy atom. The SMILES string of the molecule is CC(C)(C)[Si](C)(C)O/C(=C/CCCc1ccccc1)[C@H]1CCC2OC(=O)C[C@H]21. The Balaban J connectivity index is 1.71. The molecule has 3 rings (SSSR count). The second-order valence-corrected chi connectivity index (χ2v) is 14.7. The van der Waals surface area contributed by atoms with Crippen LogP contribution in [0.5, 0.6) is 0 Å². The van der Waals surface area contributed by atoms with Crippen LogP contribution in [-0.4, -0.2) is 20.4 Å².